The molecule has 31 heavy (non-hydrogen) atoms. The van der Waals surface area contributed by atoms with Gasteiger partial charge in [-0.15, -0.1) is 0 Å². The first-order valence-corrected chi connectivity index (χ1v) is 9.92. The third kappa shape index (κ3) is 7.59. The molecule has 0 heterocycles. The predicted octanol–water partition coefficient (Wildman–Crippen LogP) is 4.54. The Kier molecular flexibility index (Phi) is 8.76. The summed E-state index contributed by atoms with van der Waals surface area (Å²) in [6.07, 6.45) is 8.28. The van der Waals surface area contributed by atoms with Crippen LogP contribution in [0.3, 0.4) is 0 Å². The second kappa shape index (κ2) is 11.5. The van der Waals surface area contributed by atoms with E-state index in [1.807, 2.05) is 12.2 Å². The summed E-state index contributed by atoms with van der Waals surface area (Å²) in [4.78, 5) is 12.5. The predicted molar refractivity (Wildman–Crippen MR) is 123 cm³/mol. The maximum atomic E-state index is 12.5. The number of aromatic hydroxyl groups is 2. The summed E-state index contributed by atoms with van der Waals surface area (Å²) in [5, 5.41) is 22.7. The number of benzene rings is 2. The van der Waals surface area contributed by atoms with Crippen molar-refractivity contribution in [2.75, 3.05) is 20.8 Å². The smallest absolute Gasteiger partial charge is 0.180 e. The fourth-order valence-electron chi connectivity index (χ4n) is 2.64. The zero-order valence-corrected chi connectivity index (χ0v) is 18.3. The van der Waals surface area contributed by atoms with Crippen molar-refractivity contribution in [1.29, 1.82) is 0 Å². The van der Waals surface area contributed by atoms with Crippen LogP contribution in [0, 0.1) is 5.92 Å². The van der Waals surface area contributed by atoms with Gasteiger partial charge in [0.2, 0.25) is 0 Å². The Hall–Kier alpha value is -3.67. The summed E-state index contributed by atoms with van der Waals surface area (Å²) < 4.78 is 10.2. The first-order valence-electron chi connectivity index (χ1n) is 9.92. The van der Waals surface area contributed by atoms with Crippen LogP contribution in [0.5, 0.6) is 23.0 Å². The fourth-order valence-corrected chi connectivity index (χ4v) is 2.64. The molecule has 2 aromatic carbocycles. The van der Waals surface area contributed by atoms with Crippen LogP contribution in [0.2, 0.25) is 0 Å². The molecule has 0 aromatic heterocycles. The standard InChI is InChI=1S/C25H29NO5/c1-17(2)16-26-20(9-5-18-7-11-22(28)24(13-18)30-3)15-21(27)10-6-19-8-12-23(29)25(14-19)31-4/h5-15,17,26,28-29H,16H2,1-4H3/b9-5+,10-6+,20-15-. The maximum absolute atomic E-state index is 12.5. The van der Waals surface area contributed by atoms with Crippen LogP contribution in [0.1, 0.15) is 25.0 Å². The van der Waals surface area contributed by atoms with Gasteiger partial charge in [0.05, 0.1) is 14.2 Å². The lowest BCUT2D eigenvalue weighted by Gasteiger charge is -2.10. The van der Waals surface area contributed by atoms with Gasteiger partial charge in [0.25, 0.3) is 0 Å². The molecule has 0 bridgehead atoms. The number of ketones is 1. The highest BCUT2D eigenvalue weighted by Crippen LogP contribution is 2.27. The van der Waals surface area contributed by atoms with Crippen LogP contribution in [-0.4, -0.2) is 36.8 Å². The highest BCUT2D eigenvalue weighted by Gasteiger charge is 2.03. The van der Waals surface area contributed by atoms with Crippen molar-refractivity contribution in [2.45, 2.75) is 13.8 Å². The largest absolute Gasteiger partial charge is 0.504 e. The highest BCUT2D eigenvalue weighted by molar-refractivity contribution is 6.02. The van der Waals surface area contributed by atoms with Crippen LogP contribution in [0.4, 0.5) is 0 Å². The first kappa shape index (κ1) is 23.6. The number of carbonyl (C=O) groups is 1. The fraction of sp³-hybridized carbons (Fsp3) is 0.240. The normalized spacial score (nSPS) is 12.0. The van der Waals surface area contributed by atoms with E-state index in [-0.39, 0.29) is 17.3 Å². The maximum Gasteiger partial charge on any atom is 0.180 e. The molecule has 0 saturated carbocycles. The van der Waals surface area contributed by atoms with E-state index in [1.165, 1.54) is 32.4 Å². The number of hydrogen-bond acceptors (Lipinski definition) is 6. The molecule has 0 unspecified atom stereocenters. The number of phenolic OH excluding ortho intramolecular Hbond substituents is 2. The van der Waals surface area contributed by atoms with E-state index in [0.717, 1.165) is 11.1 Å². The number of allylic oxidation sites excluding steroid dienone is 3. The lowest BCUT2D eigenvalue weighted by Crippen LogP contribution is -2.18. The van der Waals surface area contributed by atoms with Crippen molar-refractivity contribution in [2.24, 2.45) is 5.92 Å². The molecule has 0 fully saturated rings. The molecule has 0 aliphatic carbocycles. The van der Waals surface area contributed by atoms with Crippen LogP contribution in [0.25, 0.3) is 12.2 Å². The summed E-state index contributed by atoms with van der Waals surface area (Å²) in [7, 11) is 2.96. The van der Waals surface area contributed by atoms with Crippen LogP contribution < -0.4 is 14.8 Å². The Morgan fingerprint density at radius 1 is 0.935 bits per heavy atom. The summed E-state index contributed by atoms with van der Waals surface area (Å²) in [6.45, 7) is 4.87. The van der Waals surface area contributed by atoms with E-state index in [4.69, 9.17) is 9.47 Å². The Morgan fingerprint density at radius 3 is 1.94 bits per heavy atom. The average molecular weight is 424 g/mol. The molecule has 2 aromatic rings. The minimum absolute atomic E-state index is 0.0436. The second-order valence-electron chi connectivity index (χ2n) is 7.31. The van der Waals surface area contributed by atoms with Gasteiger partial charge in [-0.25, -0.2) is 0 Å². The van der Waals surface area contributed by atoms with Crippen LogP contribution >= 0.6 is 0 Å². The number of carbonyl (C=O) groups excluding carboxylic acids is 1. The number of ether oxygens (including phenoxy) is 2. The van der Waals surface area contributed by atoms with E-state index in [1.54, 1.807) is 36.4 Å². The van der Waals surface area contributed by atoms with Gasteiger partial charge in [-0.2, -0.15) is 0 Å². The number of phenols is 2. The van der Waals surface area contributed by atoms with Crippen molar-refractivity contribution in [3.63, 3.8) is 0 Å². The molecule has 6 nitrogen and oxygen atoms in total. The molecular weight excluding hydrogens is 394 g/mol. The molecule has 164 valence electrons. The number of hydrogen-bond donors (Lipinski definition) is 3. The van der Waals surface area contributed by atoms with Gasteiger partial charge in [-0.3, -0.25) is 4.79 Å². The third-order valence-corrected chi connectivity index (χ3v) is 4.32. The SMILES string of the molecule is COc1cc(/C=C/C(=O)/C=C(/C=C/c2ccc(O)c(OC)c2)NCC(C)C)ccc1O. The Balaban J connectivity index is 2.20. The second-order valence-corrected chi connectivity index (χ2v) is 7.31. The minimum Gasteiger partial charge on any atom is -0.504 e. The van der Waals surface area contributed by atoms with Crippen molar-refractivity contribution < 1.29 is 24.5 Å². The van der Waals surface area contributed by atoms with Crippen molar-refractivity contribution in [3.8, 4) is 23.0 Å². The van der Waals surface area contributed by atoms with E-state index in [2.05, 4.69) is 19.2 Å². The molecule has 0 spiro atoms. The molecule has 2 rings (SSSR count). The summed E-state index contributed by atoms with van der Waals surface area (Å²) in [6, 6.07) is 9.90. The van der Waals surface area contributed by atoms with Gasteiger partial charge in [0, 0.05) is 18.3 Å². The molecule has 0 atom stereocenters. The zero-order valence-electron chi connectivity index (χ0n) is 18.3. The van der Waals surface area contributed by atoms with E-state index >= 15 is 0 Å². The van der Waals surface area contributed by atoms with E-state index in [9.17, 15) is 15.0 Å². The number of rotatable bonds is 10. The molecule has 6 heteroatoms. The monoisotopic (exact) mass is 423 g/mol. The Labute approximate surface area is 183 Å². The summed E-state index contributed by atoms with van der Waals surface area (Å²) >= 11 is 0. The van der Waals surface area contributed by atoms with Gasteiger partial charge in [0.1, 0.15) is 0 Å². The molecule has 0 aliphatic heterocycles. The molecule has 0 amide bonds. The van der Waals surface area contributed by atoms with E-state index in [0.29, 0.717) is 29.7 Å². The number of methoxy groups -OCH3 is 2. The van der Waals surface area contributed by atoms with Gasteiger partial charge in [-0.05, 0) is 53.5 Å². The first-order chi connectivity index (χ1) is 14.8. The quantitative estimate of drug-likeness (QED) is 0.384. The summed E-state index contributed by atoms with van der Waals surface area (Å²) in [5.74, 6) is 1.05. The molecule has 0 radical (unpaired) electrons. The summed E-state index contributed by atoms with van der Waals surface area (Å²) in [5.41, 5.74) is 2.23. The lowest BCUT2D eigenvalue weighted by molar-refractivity contribution is -0.110. The van der Waals surface area contributed by atoms with Gasteiger partial charge < -0.3 is 25.0 Å². The zero-order chi connectivity index (χ0) is 22.8. The Bertz CT molecular complexity index is 989. The van der Waals surface area contributed by atoms with E-state index < -0.39 is 0 Å². The minimum atomic E-state index is -0.189. The van der Waals surface area contributed by atoms with Crippen molar-refractivity contribution in [3.05, 3.63) is 71.5 Å². The van der Waals surface area contributed by atoms with Crippen LogP contribution in [-0.2, 0) is 4.79 Å². The highest BCUT2D eigenvalue weighted by atomic mass is 16.5. The van der Waals surface area contributed by atoms with Crippen molar-refractivity contribution in [1.82, 2.24) is 5.32 Å². The molecule has 0 aliphatic rings. The Morgan fingerprint density at radius 2 is 1.45 bits per heavy atom. The van der Waals surface area contributed by atoms with Gasteiger partial charge in [-0.1, -0.05) is 38.1 Å². The molecule has 3 N–H and O–H groups in total. The van der Waals surface area contributed by atoms with Crippen LogP contribution in [0.15, 0.2) is 60.3 Å². The van der Waals surface area contributed by atoms with Crippen molar-refractivity contribution >= 4 is 17.9 Å². The number of nitrogens with one attached hydrogen (secondary N) is 1. The molecular formula is C25H29NO5. The average Bonchev–Trinajstić information content (AvgIpc) is 2.75. The topological polar surface area (TPSA) is 88.0 Å². The third-order valence-electron chi connectivity index (χ3n) is 4.32. The van der Waals surface area contributed by atoms with Gasteiger partial charge in [0.15, 0.2) is 28.8 Å². The molecule has 0 saturated heterocycles. The van der Waals surface area contributed by atoms with Gasteiger partial charge >= 0.3 is 0 Å². The lowest BCUT2D eigenvalue weighted by atomic mass is 10.1.